The molecule has 1 aromatic rings. The number of rotatable bonds is 3. The summed E-state index contributed by atoms with van der Waals surface area (Å²) in [5, 5.41) is 13.4. The average Bonchev–Trinajstić information content (AvgIpc) is 3.12. The van der Waals surface area contributed by atoms with Gasteiger partial charge in [-0.05, 0) is 24.5 Å². The molecular formula is C15H13BrN2O5. The number of carbonyl (C=O) groups excluding carboxylic acids is 2. The van der Waals surface area contributed by atoms with Gasteiger partial charge in [0.05, 0.1) is 21.6 Å². The number of benzene rings is 1. The molecule has 1 saturated heterocycles. The lowest BCUT2D eigenvalue weighted by molar-refractivity contribution is -0.384. The van der Waals surface area contributed by atoms with Gasteiger partial charge >= 0.3 is 5.97 Å². The van der Waals surface area contributed by atoms with Crippen LogP contribution in [0.5, 0.6) is 0 Å². The fourth-order valence-electron chi connectivity index (χ4n) is 4.22. The Balaban J connectivity index is 1.53. The van der Waals surface area contributed by atoms with Crippen molar-refractivity contribution >= 4 is 39.2 Å². The molecule has 1 aliphatic heterocycles. The second kappa shape index (κ2) is 5.02. The Morgan fingerprint density at radius 1 is 1.30 bits per heavy atom. The predicted octanol–water partition coefficient (Wildman–Crippen LogP) is 2.10. The number of nitrogens with zero attached hydrogens (tertiary/aromatic N) is 1. The lowest BCUT2D eigenvalue weighted by Gasteiger charge is -2.27. The van der Waals surface area contributed by atoms with Crippen LogP contribution in [0.25, 0.3) is 0 Å². The Kier molecular flexibility index (Phi) is 3.19. The van der Waals surface area contributed by atoms with Crippen LogP contribution in [-0.4, -0.2) is 27.7 Å². The zero-order valence-corrected chi connectivity index (χ0v) is 13.4. The lowest BCUT2D eigenvalue weighted by atomic mass is 9.79. The summed E-state index contributed by atoms with van der Waals surface area (Å²) < 4.78 is 5.38. The molecule has 0 radical (unpaired) electrons. The van der Waals surface area contributed by atoms with Gasteiger partial charge in [0.2, 0.25) is 5.91 Å². The normalized spacial score (nSPS) is 36.8. The van der Waals surface area contributed by atoms with Gasteiger partial charge in [-0.2, -0.15) is 0 Å². The fraction of sp³-hybridized carbons (Fsp3) is 0.467. The first-order valence-corrected chi connectivity index (χ1v) is 8.29. The molecule has 2 bridgehead atoms. The highest BCUT2D eigenvalue weighted by molar-refractivity contribution is 9.09. The summed E-state index contributed by atoms with van der Waals surface area (Å²) in [6, 6.07) is 5.66. The number of carbonyl (C=O) groups is 2. The van der Waals surface area contributed by atoms with Gasteiger partial charge in [0, 0.05) is 23.7 Å². The second-order valence-electron chi connectivity index (χ2n) is 6.25. The number of ether oxygens (including phenoxy) is 1. The Morgan fingerprint density at radius 2 is 2.00 bits per heavy atom. The van der Waals surface area contributed by atoms with Crippen molar-refractivity contribution in [3.05, 3.63) is 34.4 Å². The van der Waals surface area contributed by atoms with Crippen LogP contribution < -0.4 is 5.32 Å². The fourth-order valence-corrected chi connectivity index (χ4v) is 5.27. The second-order valence-corrected chi connectivity index (χ2v) is 7.31. The molecule has 1 aromatic carbocycles. The minimum absolute atomic E-state index is 0.0165. The molecule has 0 aromatic heterocycles. The number of non-ortho nitro benzene ring substituents is 1. The topological polar surface area (TPSA) is 98.5 Å². The van der Waals surface area contributed by atoms with E-state index in [9.17, 15) is 19.7 Å². The average molecular weight is 381 g/mol. The molecule has 0 spiro atoms. The van der Waals surface area contributed by atoms with E-state index < -0.39 is 10.8 Å². The highest BCUT2D eigenvalue weighted by Gasteiger charge is 2.67. The molecule has 1 amide bonds. The summed E-state index contributed by atoms with van der Waals surface area (Å²) in [5.41, 5.74) is 0.447. The van der Waals surface area contributed by atoms with Gasteiger partial charge < -0.3 is 10.1 Å². The van der Waals surface area contributed by atoms with Crippen LogP contribution in [0.3, 0.4) is 0 Å². The summed E-state index contributed by atoms with van der Waals surface area (Å²) in [6.45, 7) is 0. The van der Waals surface area contributed by atoms with Gasteiger partial charge in [0.15, 0.2) is 0 Å². The van der Waals surface area contributed by atoms with Gasteiger partial charge in [-0.15, -0.1) is 0 Å². The number of fused-ring (bicyclic) bond motifs is 1. The quantitative estimate of drug-likeness (QED) is 0.374. The van der Waals surface area contributed by atoms with Gasteiger partial charge in [-0.3, -0.25) is 19.7 Å². The van der Waals surface area contributed by atoms with Gasteiger partial charge in [0.25, 0.3) is 5.69 Å². The molecule has 1 N–H and O–H groups in total. The molecule has 3 aliphatic rings. The largest absolute Gasteiger partial charge is 0.461 e. The summed E-state index contributed by atoms with van der Waals surface area (Å²) in [4.78, 5) is 34.8. The van der Waals surface area contributed by atoms with E-state index in [0.717, 1.165) is 6.42 Å². The first-order valence-electron chi connectivity index (χ1n) is 7.37. The molecular weight excluding hydrogens is 368 g/mol. The van der Waals surface area contributed by atoms with Gasteiger partial charge in [-0.25, -0.2) is 0 Å². The third kappa shape index (κ3) is 2.08. The van der Waals surface area contributed by atoms with Gasteiger partial charge in [-0.1, -0.05) is 15.9 Å². The molecule has 120 valence electrons. The number of alkyl halides is 1. The maximum absolute atomic E-state index is 12.6. The number of hydrogen-bond donors (Lipinski definition) is 1. The monoisotopic (exact) mass is 380 g/mol. The van der Waals surface area contributed by atoms with E-state index in [-0.39, 0.29) is 46.2 Å². The molecule has 2 saturated carbocycles. The van der Waals surface area contributed by atoms with E-state index in [1.165, 1.54) is 24.3 Å². The van der Waals surface area contributed by atoms with Crippen LogP contribution in [0.15, 0.2) is 24.3 Å². The summed E-state index contributed by atoms with van der Waals surface area (Å²) in [6.07, 6.45) is 0.705. The minimum Gasteiger partial charge on any atom is -0.461 e. The number of nitro groups is 1. The summed E-state index contributed by atoms with van der Waals surface area (Å²) in [7, 11) is 0. The number of amides is 1. The summed E-state index contributed by atoms with van der Waals surface area (Å²) >= 11 is 3.56. The highest BCUT2D eigenvalue weighted by atomic mass is 79.9. The van der Waals surface area contributed by atoms with Crippen LogP contribution in [-0.2, 0) is 14.3 Å². The Hall–Kier alpha value is -1.96. The molecule has 3 fully saturated rings. The molecule has 6 atom stereocenters. The first kappa shape index (κ1) is 14.6. The standard InChI is InChI=1S/C15H13BrN2O5/c16-12-8-5-9-11(15(20)23-13(9)12)10(8)14(19)17-6-1-3-7(4-2-6)18(21)22/h1-4,8-13H,5H2,(H,17,19)/t8-,9-,10-,11-,12-,13+/m1/s1. The zero-order valence-electron chi connectivity index (χ0n) is 11.8. The molecule has 4 rings (SSSR count). The van der Waals surface area contributed by atoms with E-state index in [0.29, 0.717) is 5.69 Å². The van der Waals surface area contributed by atoms with Gasteiger partial charge in [0.1, 0.15) is 6.10 Å². The van der Waals surface area contributed by atoms with E-state index in [4.69, 9.17) is 4.74 Å². The lowest BCUT2D eigenvalue weighted by Crippen LogP contribution is -2.40. The van der Waals surface area contributed by atoms with Crippen LogP contribution in [0.1, 0.15) is 6.42 Å². The van der Waals surface area contributed by atoms with Crippen molar-refractivity contribution in [3.63, 3.8) is 0 Å². The third-order valence-corrected chi connectivity index (χ3v) is 6.37. The molecule has 7 nitrogen and oxygen atoms in total. The van der Waals surface area contributed by atoms with Crippen molar-refractivity contribution in [1.82, 2.24) is 0 Å². The van der Waals surface area contributed by atoms with Crippen molar-refractivity contribution < 1.29 is 19.2 Å². The SMILES string of the molecule is O=C(Nc1ccc([N+](=O)[O-])cc1)[C@@H]1[C@H]2C[C@H]3[C@H](OC(=O)[C@H]31)[C@@H]2Br. The van der Waals surface area contributed by atoms with Crippen LogP contribution in [0, 0.1) is 33.8 Å². The number of halogens is 1. The Bertz CT molecular complexity index is 706. The molecule has 8 heteroatoms. The Labute approximate surface area is 139 Å². The molecule has 0 unspecified atom stereocenters. The number of nitrogens with one attached hydrogen (secondary N) is 1. The van der Waals surface area contributed by atoms with Crippen LogP contribution in [0.2, 0.25) is 0 Å². The number of esters is 1. The summed E-state index contributed by atoms with van der Waals surface area (Å²) in [5.74, 6) is -1.09. The number of hydrogen-bond acceptors (Lipinski definition) is 5. The predicted molar refractivity (Wildman–Crippen MR) is 82.9 cm³/mol. The first-order chi connectivity index (χ1) is 11.0. The van der Waals surface area contributed by atoms with Crippen molar-refractivity contribution in [3.8, 4) is 0 Å². The van der Waals surface area contributed by atoms with E-state index >= 15 is 0 Å². The molecule has 23 heavy (non-hydrogen) atoms. The van der Waals surface area contributed by atoms with E-state index in [2.05, 4.69) is 21.2 Å². The van der Waals surface area contributed by atoms with Crippen LogP contribution in [0.4, 0.5) is 11.4 Å². The van der Waals surface area contributed by atoms with Crippen molar-refractivity contribution in [1.29, 1.82) is 0 Å². The van der Waals surface area contributed by atoms with Crippen molar-refractivity contribution in [2.45, 2.75) is 17.4 Å². The van der Waals surface area contributed by atoms with E-state index in [1.54, 1.807) is 0 Å². The minimum atomic E-state index is -0.494. The zero-order chi connectivity index (χ0) is 16.3. The van der Waals surface area contributed by atoms with Crippen molar-refractivity contribution in [2.24, 2.45) is 23.7 Å². The highest BCUT2D eigenvalue weighted by Crippen LogP contribution is 2.60. The maximum atomic E-state index is 12.6. The van der Waals surface area contributed by atoms with Crippen molar-refractivity contribution in [2.75, 3.05) is 5.32 Å². The maximum Gasteiger partial charge on any atom is 0.310 e. The number of anilines is 1. The third-order valence-electron chi connectivity index (χ3n) is 5.17. The smallest absolute Gasteiger partial charge is 0.310 e. The van der Waals surface area contributed by atoms with E-state index in [1.807, 2.05) is 0 Å². The van der Waals surface area contributed by atoms with Crippen LogP contribution >= 0.6 is 15.9 Å². The Morgan fingerprint density at radius 3 is 2.65 bits per heavy atom. The molecule has 1 heterocycles. The molecule has 2 aliphatic carbocycles. The number of nitro benzene ring substituents is 1.